The lowest BCUT2D eigenvalue weighted by molar-refractivity contribution is 0.132. The van der Waals surface area contributed by atoms with Crippen LogP contribution in [0.2, 0.25) is 5.15 Å². The molecule has 1 aromatic heterocycles. The summed E-state index contributed by atoms with van der Waals surface area (Å²) in [6.07, 6.45) is 1.74. The minimum absolute atomic E-state index is 0.639. The van der Waals surface area contributed by atoms with E-state index in [2.05, 4.69) is 27.8 Å². The van der Waals surface area contributed by atoms with E-state index in [4.69, 9.17) is 11.6 Å². The molecule has 0 aromatic carbocycles. The van der Waals surface area contributed by atoms with E-state index in [9.17, 15) is 0 Å². The fourth-order valence-electron chi connectivity index (χ4n) is 2.04. The first-order valence-electron chi connectivity index (χ1n) is 5.83. The summed E-state index contributed by atoms with van der Waals surface area (Å²) < 4.78 is 0. The van der Waals surface area contributed by atoms with Gasteiger partial charge in [0.25, 0.3) is 0 Å². The predicted octanol–water partition coefficient (Wildman–Crippen LogP) is 1.87. The van der Waals surface area contributed by atoms with E-state index in [-0.39, 0.29) is 0 Å². The maximum atomic E-state index is 6.05. The van der Waals surface area contributed by atoms with E-state index in [1.165, 1.54) is 0 Å². The first kappa shape index (κ1) is 11.8. The van der Waals surface area contributed by atoms with Gasteiger partial charge in [-0.1, -0.05) is 24.6 Å². The van der Waals surface area contributed by atoms with Gasteiger partial charge >= 0.3 is 0 Å². The normalized spacial score (nSPS) is 18.9. The van der Waals surface area contributed by atoms with E-state index < -0.39 is 0 Å². The van der Waals surface area contributed by atoms with Crippen LogP contribution in [0.5, 0.6) is 0 Å². The summed E-state index contributed by atoms with van der Waals surface area (Å²) in [6, 6.07) is 4.00. The first-order chi connectivity index (χ1) is 7.79. The molecule has 0 spiro atoms. The van der Waals surface area contributed by atoms with Crippen LogP contribution in [0.1, 0.15) is 12.5 Å². The summed E-state index contributed by atoms with van der Waals surface area (Å²) in [5.41, 5.74) is 1.13. The molecular weight excluding hydrogens is 222 g/mol. The number of likely N-dealkylation sites (N-methyl/N-ethyl adjacent to an activating group) is 1. The van der Waals surface area contributed by atoms with Crippen LogP contribution in [0.15, 0.2) is 18.3 Å². The van der Waals surface area contributed by atoms with Gasteiger partial charge in [0.2, 0.25) is 0 Å². The summed E-state index contributed by atoms with van der Waals surface area (Å²) in [5, 5.41) is 0.639. The second-order valence-electron chi connectivity index (χ2n) is 4.16. The Morgan fingerprint density at radius 2 is 1.94 bits per heavy atom. The lowest BCUT2D eigenvalue weighted by Gasteiger charge is -2.34. The Labute approximate surface area is 102 Å². The molecule has 2 rings (SSSR count). The molecule has 0 amide bonds. The van der Waals surface area contributed by atoms with Crippen molar-refractivity contribution in [2.45, 2.75) is 13.5 Å². The standard InChI is InChI=1S/C12H18ClN3/c1-2-15-6-8-16(9-7-15)10-11-4-3-5-14-12(11)13/h3-5H,2,6-10H2,1H3. The molecule has 1 aromatic rings. The van der Waals surface area contributed by atoms with Gasteiger partial charge in [-0.05, 0) is 12.6 Å². The number of hydrogen-bond donors (Lipinski definition) is 0. The highest BCUT2D eigenvalue weighted by Gasteiger charge is 2.16. The second-order valence-corrected chi connectivity index (χ2v) is 4.52. The molecule has 2 heterocycles. The fraction of sp³-hybridized carbons (Fsp3) is 0.583. The van der Waals surface area contributed by atoms with Crippen molar-refractivity contribution in [3.05, 3.63) is 29.0 Å². The highest BCUT2D eigenvalue weighted by molar-refractivity contribution is 6.30. The monoisotopic (exact) mass is 239 g/mol. The summed E-state index contributed by atoms with van der Waals surface area (Å²) in [7, 11) is 0. The van der Waals surface area contributed by atoms with Gasteiger partial charge in [0.05, 0.1) is 0 Å². The van der Waals surface area contributed by atoms with Crippen molar-refractivity contribution < 1.29 is 0 Å². The average molecular weight is 240 g/mol. The van der Waals surface area contributed by atoms with Gasteiger partial charge in [-0.15, -0.1) is 0 Å². The summed E-state index contributed by atoms with van der Waals surface area (Å²) >= 11 is 6.05. The van der Waals surface area contributed by atoms with Crippen LogP contribution >= 0.6 is 11.6 Å². The summed E-state index contributed by atoms with van der Waals surface area (Å²) in [5.74, 6) is 0. The van der Waals surface area contributed by atoms with Gasteiger partial charge in [-0.2, -0.15) is 0 Å². The van der Waals surface area contributed by atoms with Crippen LogP contribution in [0.4, 0.5) is 0 Å². The smallest absolute Gasteiger partial charge is 0.133 e. The Balaban J connectivity index is 1.89. The van der Waals surface area contributed by atoms with Gasteiger partial charge in [0.1, 0.15) is 5.15 Å². The van der Waals surface area contributed by atoms with Gasteiger partial charge in [-0.25, -0.2) is 4.98 Å². The van der Waals surface area contributed by atoms with E-state index >= 15 is 0 Å². The number of halogens is 1. The highest BCUT2D eigenvalue weighted by Crippen LogP contribution is 2.15. The Hall–Kier alpha value is -0.640. The highest BCUT2D eigenvalue weighted by atomic mass is 35.5. The van der Waals surface area contributed by atoms with Crippen LogP contribution in [0.3, 0.4) is 0 Å². The number of rotatable bonds is 3. The zero-order valence-corrected chi connectivity index (χ0v) is 10.5. The molecule has 1 saturated heterocycles. The Kier molecular flexibility index (Phi) is 4.16. The topological polar surface area (TPSA) is 19.4 Å². The lowest BCUT2D eigenvalue weighted by atomic mass is 10.2. The van der Waals surface area contributed by atoms with E-state index in [1.807, 2.05) is 6.07 Å². The molecule has 0 radical (unpaired) electrons. The van der Waals surface area contributed by atoms with E-state index in [0.717, 1.165) is 44.8 Å². The minimum Gasteiger partial charge on any atom is -0.301 e. The number of pyridine rings is 1. The van der Waals surface area contributed by atoms with Crippen LogP contribution in [0.25, 0.3) is 0 Å². The van der Waals surface area contributed by atoms with Gasteiger partial charge in [0.15, 0.2) is 0 Å². The Morgan fingerprint density at radius 3 is 2.56 bits per heavy atom. The Bertz CT molecular complexity index is 335. The third-order valence-electron chi connectivity index (χ3n) is 3.14. The molecule has 1 aliphatic rings. The van der Waals surface area contributed by atoms with E-state index in [0.29, 0.717) is 5.15 Å². The third kappa shape index (κ3) is 2.94. The van der Waals surface area contributed by atoms with Crippen LogP contribution in [0, 0.1) is 0 Å². The quantitative estimate of drug-likeness (QED) is 0.751. The Morgan fingerprint density at radius 1 is 1.25 bits per heavy atom. The van der Waals surface area contributed by atoms with Crippen LogP contribution in [-0.2, 0) is 6.54 Å². The maximum Gasteiger partial charge on any atom is 0.133 e. The predicted molar refractivity (Wildman–Crippen MR) is 66.6 cm³/mol. The van der Waals surface area contributed by atoms with Crippen molar-refractivity contribution in [3.8, 4) is 0 Å². The molecule has 4 heteroatoms. The fourth-order valence-corrected chi connectivity index (χ4v) is 2.22. The van der Waals surface area contributed by atoms with Gasteiger partial charge in [-0.3, -0.25) is 4.90 Å². The summed E-state index contributed by atoms with van der Waals surface area (Å²) in [6.45, 7) is 8.86. The van der Waals surface area contributed by atoms with Crippen molar-refractivity contribution in [2.75, 3.05) is 32.7 Å². The van der Waals surface area contributed by atoms with Crippen molar-refractivity contribution >= 4 is 11.6 Å². The molecule has 3 nitrogen and oxygen atoms in total. The van der Waals surface area contributed by atoms with E-state index in [1.54, 1.807) is 6.20 Å². The van der Waals surface area contributed by atoms with Crippen molar-refractivity contribution in [1.29, 1.82) is 0 Å². The average Bonchev–Trinajstić information content (AvgIpc) is 2.33. The van der Waals surface area contributed by atoms with Crippen LogP contribution < -0.4 is 0 Å². The molecule has 16 heavy (non-hydrogen) atoms. The zero-order valence-electron chi connectivity index (χ0n) is 9.69. The molecule has 0 aliphatic carbocycles. The number of aromatic nitrogens is 1. The second kappa shape index (κ2) is 5.62. The summed E-state index contributed by atoms with van der Waals surface area (Å²) in [4.78, 5) is 9.02. The number of nitrogens with zero attached hydrogens (tertiary/aromatic N) is 3. The molecule has 0 saturated carbocycles. The largest absolute Gasteiger partial charge is 0.301 e. The maximum absolute atomic E-state index is 6.05. The lowest BCUT2D eigenvalue weighted by Crippen LogP contribution is -2.45. The molecular formula is C12H18ClN3. The van der Waals surface area contributed by atoms with Crippen molar-refractivity contribution in [2.24, 2.45) is 0 Å². The number of piperazine rings is 1. The first-order valence-corrected chi connectivity index (χ1v) is 6.21. The third-order valence-corrected chi connectivity index (χ3v) is 3.48. The van der Waals surface area contributed by atoms with Gasteiger partial charge < -0.3 is 4.90 Å². The molecule has 88 valence electrons. The SMILES string of the molecule is CCN1CCN(Cc2cccnc2Cl)CC1. The minimum atomic E-state index is 0.639. The molecule has 0 atom stereocenters. The molecule has 0 N–H and O–H groups in total. The molecule has 0 unspecified atom stereocenters. The molecule has 1 aliphatic heterocycles. The van der Waals surface area contributed by atoms with Crippen LogP contribution in [-0.4, -0.2) is 47.5 Å². The molecule has 1 fully saturated rings. The molecule has 0 bridgehead atoms. The number of hydrogen-bond acceptors (Lipinski definition) is 3. The van der Waals surface area contributed by atoms with Crippen molar-refractivity contribution in [3.63, 3.8) is 0 Å². The van der Waals surface area contributed by atoms with Gasteiger partial charge in [0, 0.05) is 44.5 Å². The zero-order chi connectivity index (χ0) is 11.4. The van der Waals surface area contributed by atoms with Crippen molar-refractivity contribution in [1.82, 2.24) is 14.8 Å².